The minimum atomic E-state index is -0.382. The molecule has 0 bridgehead atoms. The molecule has 0 spiro atoms. The molecule has 0 saturated carbocycles. The molecule has 0 amide bonds. The van der Waals surface area contributed by atoms with Gasteiger partial charge >= 0.3 is 0 Å². The van der Waals surface area contributed by atoms with Gasteiger partial charge in [0.25, 0.3) is 0 Å². The second-order valence-corrected chi connectivity index (χ2v) is 3.25. The average molecular weight is 176 g/mol. The number of nitrogens with two attached hydrogens (primary N) is 1. The van der Waals surface area contributed by atoms with Crippen LogP contribution in [-0.4, -0.2) is 0 Å². The summed E-state index contributed by atoms with van der Waals surface area (Å²) in [5.41, 5.74) is 7.36. The summed E-state index contributed by atoms with van der Waals surface area (Å²) in [7, 11) is 0. The van der Waals surface area contributed by atoms with Crippen LogP contribution in [0.1, 0.15) is 29.2 Å². The zero-order valence-electron chi connectivity index (χ0n) is 7.05. The minimum absolute atomic E-state index is 0.0581. The van der Waals surface area contributed by atoms with E-state index in [9.17, 15) is 4.39 Å². The fourth-order valence-electron chi connectivity index (χ4n) is 1.78. The molecule has 0 aromatic heterocycles. The van der Waals surface area contributed by atoms with Crippen molar-refractivity contribution in [1.82, 2.24) is 0 Å². The van der Waals surface area contributed by atoms with Crippen LogP contribution in [0.2, 0.25) is 0 Å². The van der Waals surface area contributed by atoms with Crippen molar-refractivity contribution in [3.63, 3.8) is 0 Å². The van der Waals surface area contributed by atoms with E-state index in [1.165, 1.54) is 6.07 Å². The minimum Gasteiger partial charge on any atom is -0.324 e. The van der Waals surface area contributed by atoms with Gasteiger partial charge in [-0.3, -0.25) is 0 Å². The molecule has 0 heterocycles. The van der Waals surface area contributed by atoms with Gasteiger partial charge in [0.1, 0.15) is 11.9 Å². The lowest BCUT2D eigenvalue weighted by Gasteiger charge is -2.05. The van der Waals surface area contributed by atoms with Crippen LogP contribution in [0.15, 0.2) is 12.1 Å². The topological polar surface area (TPSA) is 49.8 Å². The lowest BCUT2D eigenvalue weighted by Crippen LogP contribution is -2.05. The van der Waals surface area contributed by atoms with E-state index in [0.717, 1.165) is 12.0 Å². The SMILES string of the molecule is N#Cc1ccc2c(c1F)CCC2N. The van der Waals surface area contributed by atoms with Crippen molar-refractivity contribution in [3.8, 4) is 6.07 Å². The molecule has 1 atom stereocenters. The van der Waals surface area contributed by atoms with Crippen molar-refractivity contribution in [2.24, 2.45) is 5.73 Å². The highest BCUT2D eigenvalue weighted by Crippen LogP contribution is 2.32. The second-order valence-electron chi connectivity index (χ2n) is 3.25. The maximum atomic E-state index is 13.5. The third kappa shape index (κ3) is 1.11. The standard InChI is InChI=1S/C10H9FN2/c11-10-6(5-12)1-2-7-8(10)3-4-9(7)13/h1-2,9H,3-4,13H2. The Morgan fingerprint density at radius 3 is 3.00 bits per heavy atom. The van der Waals surface area contributed by atoms with E-state index in [1.807, 2.05) is 6.07 Å². The fraction of sp³-hybridized carbons (Fsp3) is 0.300. The van der Waals surface area contributed by atoms with E-state index in [1.54, 1.807) is 6.07 Å². The zero-order valence-corrected chi connectivity index (χ0v) is 7.05. The second kappa shape index (κ2) is 2.82. The van der Waals surface area contributed by atoms with Crippen LogP contribution in [0.25, 0.3) is 0 Å². The quantitative estimate of drug-likeness (QED) is 0.653. The third-order valence-electron chi connectivity index (χ3n) is 2.50. The van der Waals surface area contributed by atoms with Gasteiger partial charge in [0, 0.05) is 6.04 Å². The Kier molecular flexibility index (Phi) is 1.78. The summed E-state index contributed by atoms with van der Waals surface area (Å²) in [6.45, 7) is 0. The van der Waals surface area contributed by atoms with Crippen LogP contribution in [-0.2, 0) is 6.42 Å². The summed E-state index contributed by atoms with van der Waals surface area (Å²) >= 11 is 0. The summed E-state index contributed by atoms with van der Waals surface area (Å²) in [6.07, 6.45) is 1.43. The van der Waals surface area contributed by atoms with Gasteiger partial charge in [-0.1, -0.05) is 6.07 Å². The first kappa shape index (κ1) is 8.21. The Morgan fingerprint density at radius 1 is 1.54 bits per heavy atom. The predicted molar refractivity (Wildman–Crippen MR) is 46.4 cm³/mol. The molecule has 1 aromatic carbocycles. The lowest BCUT2D eigenvalue weighted by atomic mass is 10.0. The van der Waals surface area contributed by atoms with Crippen molar-refractivity contribution in [3.05, 3.63) is 34.6 Å². The summed E-state index contributed by atoms with van der Waals surface area (Å²) in [4.78, 5) is 0. The number of nitrogens with zero attached hydrogens (tertiary/aromatic N) is 1. The molecule has 0 fully saturated rings. The molecule has 2 N–H and O–H groups in total. The van der Waals surface area contributed by atoms with E-state index in [0.29, 0.717) is 12.0 Å². The number of fused-ring (bicyclic) bond motifs is 1. The summed E-state index contributed by atoms with van der Waals surface area (Å²) in [5, 5.41) is 8.59. The summed E-state index contributed by atoms with van der Waals surface area (Å²) in [5.74, 6) is -0.382. The Bertz CT molecular complexity index is 393. The molecule has 1 unspecified atom stereocenters. The van der Waals surface area contributed by atoms with Crippen molar-refractivity contribution >= 4 is 0 Å². The molecule has 3 heteroatoms. The molecule has 66 valence electrons. The highest BCUT2D eigenvalue weighted by molar-refractivity contribution is 5.43. The number of benzene rings is 1. The molecule has 0 saturated heterocycles. The van der Waals surface area contributed by atoms with Crippen molar-refractivity contribution in [2.45, 2.75) is 18.9 Å². The van der Waals surface area contributed by atoms with Gasteiger partial charge in [-0.15, -0.1) is 0 Å². The van der Waals surface area contributed by atoms with Gasteiger partial charge < -0.3 is 5.73 Å². The maximum absolute atomic E-state index is 13.5. The van der Waals surface area contributed by atoms with Gasteiger partial charge in [-0.2, -0.15) is 5.26 Å². The number of hydrogen-bond acceptors (Lipinski definition) is 2. The Morgan fingerprint density at radius 2 is 2.31 bits per heavy atom. The van der Waals surface area contributed by atoms with E-state index in [2.05, 4.69) is 0 Å². The van der Waals surface area contributed by atoms with Crippen LogP contribution in [0.4, 0.5) is 4.39 Å². The number of halogens is 1. The first-order valence-electron chi connectivity index (χ1n) is 4.21. The molecular weight excluding hydrogens is 167 g/mol. The van der Waals surface area contributed by atoms with Crippen molar-refractivity contribution < 1.29 is 4.39 Å². The fourth-order valence-corrected chi connectivity index (χ4v) is 1.78. The van der Waals surface area contributed by atoms with Gasteiger partial charge in [0.15, 0.2) is 0 Å². The Labute approximate surface area is 75.8 Å². The first-order valence-corrected chi connectivity index (χ1v) is 4.21. The molecule has 1 aliphatic carbocycles. The summed E-state index contributed by atoms with van der Waals surface area (Å²) in [6, 6.07) is 5.02. The van der Waals surface area contributed by atoms with Crippen molar-refractivity contribution in [1.29, 1.82) is 5.26 Å². The van der Waals surface area contributed by atoms with E-state index in [-0.39, 0.29) is 17.4 Å². The van der Waals surface area contributed by atoms with Crippen LogP contribution >= 0.6 is 0 Å². The molecule has 0 aliphatic heterocycles. The molecule has 1 aromatic rings. The van der Waals surface area contributed by atoms with Gasteiger partial charge in [0.05, 0.1) is 5.56 Å². The first-order chi connectivity index (χ1) is 6.24. The highest BCUT2D eigenvalue weighted by Gasteiger charge is 2.23. The smallest absolute Gasteiger partial charge is 0.144 e. The summed E-state index contributed by atoms with van der Waals surface area (Å²) < 4.78 is 13.5. The molecule has 2 rings (SSSR count). The van der Waals surface area contributed by atoms with E-state index in [4.69, 9.17) is 11.0 Å². The third-order valence-corrected chi connectivity index (χ3v) is 2.50. The van der Waals surface area contributed by atoms with Crippen LogP contribution in [0, 0.1) is 17.1 Å². The molecule has 1 aliphatic rings. The lowest BCUT2D eigenvalue weighted by molar-refractivity contribution is 0.608. The average Bonchev–Trinajstić information content (AvgIpc) is 2.50. The Hall–Kier alpha value is -1.40. The molecule has 0 radical (unpaired) electrons. The highest BCUT2D eigenvalue weighted by atomic mass is 19.1. The zero-order chi connectivity index (χ0) is 9.42. The normalized spacial score (nSPS) is 19.6. The number of hydrogen-bond donors (Lipinski definition) is 1. The molecule has 2 nitrogen and oxygen atoms in total. The van der Waals surface area contributed by atoms with Gasteiger partial charge in [-0.05, 0) is 30.0 Å². The monoisotopic (exact) mass is 176 g/mol. The van der Waals surface area contributed by atoms with Gasteiger partial charge in [-0.25, -0.2) is 4.39 Å². The number of rotatable bonds is 0. The molecular formula is C10H9FN2. The van der Waals surface area contributed by atoms with Crippen LogP contribution in [0.5, 0.6) is 0 Å². The van der Waals surface area contributed by atoms with E-state index < -0.39 is 0 Å². The van der Waals surface area contributed by atoms with E-state index >= 15 is 0 Å². The predicted octanol–water partition coefficient (Wildman–Crippen LogP) is 1.64. The van der Waals surface area contributed by atoms with Crippen LogP contribution in [0.3, 0.4) is 0 Å². The Balaban J connectivity index is 2.62. The molecule has 13 heavy (non-hydrogen) atoms. The van der Waals surface area contributed by atoms with Crippen LogP contribution < -0.4 is 5.73 Å². The van der Waals surface area contributed by atoms with Gasteiger partial charge in [0.2, 0.25) is 0 Å². The maximum Gasteiger partial charge on any atom is 0.144 e. The largest absolute Gasteiger partial charge is 0.324 e. The van der Waals surface area contributed by atoms with Crippen molar-refractivity contribution in [2.75, 3.05) is 0 Å². The number of nitriles is 1.